The van der Waals surface area contributed by atoms with Gasteiger partial charge in [-0.15, -0.1) is 0 Å². The van der Waals surface area contributed by atoms with E-state index in [9.17, 15) is 14.4 Å². The van der Waals surface area contributed by atoms with Gasteiger partial charge in [0, 0.05) is 38.2 Å². The molecule has 0 aromatic carbocycles. The van der Waals surface area contributed by atoms with Gasteiger partial charge in [0.15, 0.2) is 0 Å². The molecule has 0 aliphatic carbocycles. The number of amides is 3. The zero-order valence-corrected chi connectivity index (χ0v) is 10.6. The van der Waals surface area contributed by atoms with Crippen LogP contribution >= 0.6 is 0 Å². The third kappa shape index (κ3) is 2.78. The SMILES string of the molecule is C[C@H]1CCN(C(=O)CCCN2C(=O)C=CC2=O)C1. The number of carbonyl (C=O) groups excluding carboxylic acids is 3. The topological polar surface area (TPSA) is 57.7 Å². The van der Waals surface area contributed by atoms with Gasteiger partial charge >= 0.3 is 0 Å². The van der Waals surface area contributed by atoms with Crippen LogP contribution in [0.4, 0.5) is 0 Å². The molecule has 0 unspecified atom stereocenters. The van der Waals surface area contributed by atoms with E-state index < -0.39 is 0 Å². The molecule has 0 aromatic rings. The van der Waals surface area contributed by atoms with E-state index in [4.69, 9.17) is 0 Å². The predicted octanol–water partition coefficient (Wildman–Crippen LogP) is 0.560. The Balaban J connectivity index is 1.71. The molecular formula is C13H18N2O3. The van der Waals surface area contributed by atoms with Crippen LogP contribution < -0.4 is 0 Å². The third-order valence-electron chi connectivity index (χ3n) is 3.45. The van der Waals surface area contributed by atoms with Gasteiger partial charge in [0.1, 0.15) is 0 Å². The number of hydrogen-bond acceptors (Lipinski definition) is 3. The van der Waals surface area contributed by atoms with Crippen LogP contribution in [0.2, 0.25) is 0 Å². The molecule has 5 nitrogen and oxygen atoms in total. The highest BCUT2D eigenvalue weighted by molar-refractivity contribution is 6.12. The van der Waals surface area contributed by atoms with Crippen molar-refractivity contribution in [1.29, 1.82) is 0 Å². The van der Waals surface area contributed by atoms with Gasteiger partial charge in [-0.3, -0.25) is 19.3 Å². The summed E-state index contributed by atoms with van der Waals surface area (Å²) in [4.78, 5) is 37.5. The van der Waals surface area contributed by atoms with Crippen molar-refractivity contribution in [3.63, 3.8) is 0 Å². The van der Waals surface area contributed by atoms with Crippen LogP contribution in [-0.4, -0.2) is 47.2 Å². The second-order valence-corrected chi connectivity index (χ2v) is 5.00. The van der Waals surface area contributed by atoms with Crippen molar-refractivity contribution in [2.75, 3.05) is 19.6 Å². The molecule has 0 N–H and O–H groups in total. The Morgan fingerprint density at radius 3 is 2.56 bits per heavy atom. The average molecular weight is 250 g/mol. The lowest BCUT2D eigenvalue weighted by Crippen LogP contribution is -2.33. The molecule has 18 heavy (non-hydrogen) atoms. The van der Waals surface area contributed by atoms with Crippen LogP contribution in [0.5, 0.6) is 0 Å². The van der Waals surface area contributed by atoms with Gasteiger partial charge in [-0.05, 0) is 18.8 Å². The van der Waals surface area contributed by atoms with Crippen molar-refractivity contribution in [3.8, 4) is 0 Å². The van der Waals surface area contributed by atoms with E-state index in [1.54, 1.807) is 0 Å². The Hall–Kier alpha value is -1.65. The second-order valence-electron chi connectivity index (χ2n) is 5.00. The number of likely N-dealkylation sites (tertiary alicyclic amines) is 1. The molecule has 0 bridgehead atoms. The first kappa shape index (κ1) is 12.8. The fourth-order valence-electron chi connectivity index (χ4n) is 2.36. The lowest BCUT2D eigenvalue weighted by Gasteiger charge is -2.17. The highest BCUT2D eigenvalue weighted by Gasteiger charge is 2.25. The first-order valence-corrected chi connectivity index (χ1v) is 6.39. The van der Waals surface area contributed by atoms with Crippen LogP contribution in [0.1, 0.15) is 26.2 Å². The average Bonchev–Trinajstić information content (AvgIpc) is 2.89. The summed E-state index contributed by atoms with van der Waals surface area (Å²) in [6.45, 7) is 4.14. The molecule has 2 aliphatic heterocycles. The van der Waals surface area contributed by atoms with Crippen molar-refractivity contribution in [2.24, 2.45) is 5.92 Å². The summed E-state index contributed by atoms with van der Waals surface area (Å²) in [6, 6.07) is 0. The maximum Gasteiger partial charge on any atom is 0.253 e. The first-order chi connectivity index (χ1) is 8.58. The molecule has 3 amide bonds. The Morgan fingerprint density at radius 1 is 1.33 bits per heavy atom. The Bertz CT molecular complexity index is 385. The lowest BCUT2D eigenvalue weighted by atomic mass is 10.2. The second kappa shape index (κ2) is 5.33. The van der Waals surface area contributed by atoms with Gasteiger partial charge in [0.25, 0.3) is 11.8 Å². The third-order valence-corrected chi connectivity index (χ3v) is 3.45. The van der Waals surface area contributed by atoms with Crippen molar-refractivity contribution in [2.45, 2.75) is 26.2 Å². The minimum Gasteiger partial charge on any atom is -0.342 e. The predicted molar refractivity (Wildman–Crippen MR) is 65.5 cm³/mol. The molecule has 98 valence electrons. The van der Waals surface area contributed by atoms with Crippen LogP contribution in [0.3, 0.4) is 0 Å². The van der Waals surface area contributed by atoms with Gasteiger partial charge in [-0.25, -0.2) is 0 Å². The van der Waals surface area contributed by atoms with Crippen LogP contribution in [0, 0.1) is 5.92 Å². The zero-order valence-electron chi connectivity index (χ0n) is 10.6. The molecule has 0 radical (unpaired) electrons. The molecule has 5 heteroatoms. The van der Waals surface area contributed by atoms with Crippen molar-refractivity contribution in [1.82, 2.24) is 9.80 Å². The molecule has 2 rings (SSSR count). The lowest BCUT2D eigenvalue weighted by molar-refractivity contribution is -0.138. The van der Waals surface area contributed by atoms with Gasteiger partial charge in [-0.2, -0.15) is 0 Å². The highest BCUT2D eigenvalue weighted by Crippen LogP contribution is 2.16. The summed E-state index contributed by atoms with van der Waals surface area (Å²) < 4.78 is 0. The highest BCUT2D eigenvalue weighted by atomic mass is 16.2. The maximum atomic E-state index is 11.8. The molecule has 1 atom stereocenters. The standard InChI is InChI=1S/C13H18N2O3/c1-10-6-8-14(9-10)11(16)3-2-7-15-12(17)4-5-13(15)18/h4-5,10H,2-3,6-9H2,1H3/t10-/m0/s1. The summed E-state index contributed by atoms with van der Waals surface area (Å²) in [5.41, 5.74) is 0. The van der Waals surface area contributed by atoms with Crippen LogP contribution in [0.15, 0.2) is 12.2 Å². The molecule has 1 fully saturated rings. The van der Waals surface area contributed by atoms with Gasteiger partial charge in [-0.1, -0.05) is 6.92 Å². The van der Waals surface area contributed by atoms with Crippen LogP contribution in [-0.2, 0) is 14.4 Å². The first-order valence-electron chi connectivity index (χ1n) is 6.39. The molecule has 0 spiro atoms. The quantitative estimate of drug-likeness (QED) is 0.685. The summed E-state index contributed by atoms with van der Waals surface area (Å²) in [7, 11) is 0. The number of nitrogens with zero attached hydrogens (tertiary/aromatic N) is 2. The largest absolute Gasteiger partial charge is 0.342 e. The fourth-order valence-corrected chi connectivity index (χ4v) is 2.36. The summed E-state index contributed by atoms with van der Waals surface area (Å²) in [6.07, 6.45) is 4.56. The van der Waals surface area contributed by atoms with E-state index >= 15 is 0 Å². The molecular weight excluding hydrogens is 232 g/mol. The zero-order chi connectivity index (χ0) is 13.1. The van der Waals surface area contributed by atoms with Gasteiger partial charge < -0.3 is 4.90 Å². The maximum absolute atomic E-state index is 11.8. The van der Waals surface area contributed by atoms with E-state index in [1.807, 2.05) is 4.90 Å². The Morgan fingerprint density at radius 2 is 2.00 bits per heavy atom. The van der Waals surface area contributed by atoms with Gasteiger partial charge in [0.05, 0.1) is 0 Å². The molecule has 0 saturated carbocycles. The molecule has 2 aliphatic rings. The summed E-state index contributed by atoms with van der Waals surface area (Å²) in [5, 5.41) is 0. The van der Waals surface area contributed by atoms with Crippen molar-refractivity contribution < 1.29 is 14.4 Å². The van der Waals surface area contributed by atoms with Gasteiger partial charge in [0.2, 0.25) is 5.91 Å². The van der Waals surface area contributed by atoms with E-state index in [1.165, 1.54) is 17.1 Å². The minimum atomic E-state index is -0.276. The molecule has 0 aromatic heterocycles. The molecule has 2 heterocycles. The normalized spacial score (nSPS) is 23.3. The number of carbonyl (C=O) groups is 3. The summed E-state index contributed by atoms with van der Waals surface area (Å²) in [5.74, 6) is 0.163. The van der Waals surface area contributed by atoms with Crippen molar-refractivity contribution >= 4 is 17.7 Å². The number of hydrogen-bond donors (Lipinski definition) is 0. The van der Waals surface area contributed by atoms with E-state index in [2.05, 4.69) is 6.92 Å². The smallest absolute Gasteiger partial charge is 0.253 e. The summed E-state index contributed by atoms with van der Waals surface area (Å²) >= 11 is 0. The Kier molecular flexibility index (Phi) is 3.79. The fraction of sp³-hybridized carbons (Fsp3) is 0.615. The number of imide groups is 1. The van der Waals surface area contributed by atoms with E-state index in [0.29, 0.717) is 25.3 Å². The van der Waals surface area contributed by atoms with Crippen molar-refractivity contribution in [3.05, 3.63) is 12.2 Å². The van der Waals surface area contributed by atoms with E-state index in [0.717, 1.165) is 19.5 Å². The molecule has 1 saturated heterocycles. The minimum absolute atomic E-state index is 0.131. The monoisotopic (exact) mass is 250 g/mol. The van der Waals surface area contributed by atoms with E-state index in [-0.39, 0.29) is 17.7 Å². The number of rotatable bonds is 4. The Labute approximate surface area is 106 Å². The van der Waals surface area contributed by atoms with Crippen LogP contribution in [0.25, 0.3) is 0 Å².